The van der Waals surface area contributed by atoms with Crippen LogP contribution in [0.2, 0.25) is 0 Å². The fourth-order valence-electron chi connectivity index (χ4n) is 1.83. The number of carboxylic acid groups (broad SMARTS) is 1. The van der Waals surface area contributed by atoms with Crippen molar-refractivity contribution in [3.05, 3.63) is 0 Å². The Bertz CT molecular complexity index is 467. The molecule has 0 fully saturated rings. The van der Waals surface area contributed by atoms with Crippen molar-refractivity contribution in [2.45, 2.75) is 46.2 Å². The van der Waals surface area contributed by atoms with Gasteiger partial charge in [-0.1, -0.05) is 34.1 Å². The van der Waals surface area contributed by atoms with Crippen LogP contribution in [0.5, 0.6) is 0 Å². The predicted molar refractivity (Wildman–Crippen MR) is 87.9 cm³/mol. The number of rotatable bonds is 10. The fourth-order valence-corrected chi connectivity index (χ4v) is 1.83. The first-order valence-electron chi connectivity index (χ1n) is 7.92. The summed E-state index contributed by atoms with van der Waals surface area (Å²) in [6.45, 7) is 6.33. The van der Waals surface area contributed by atoms with Gasteiger partial charge in [-0.25, -0.2) is 0 Å². The highest BCUT2D eigenvalue weighted by Gasteiger charge is 2.25. The molecule has 0 rings (SSSR count). The van der Waals surface area contributed by atoms with Crippen molar-refractivity contribution in [3.63, 3.8) is 0 Å². The first kappa shape index (κ1) is 21.8. The Hall–Kier alpha value is -2.16. The van der Waals surface area contributed by atoms with Crippen LogP contribution in [0.1, 0.15) is 34.1 Å². The molecule has 9 heteroatoms. The van der Waals surface area contributed by atoms with Crippen molar-refractivity contribution in [2.75, 3.05) is 13.1 Å². The normalized spacial score (nSPS) is 14.4. The van der Waals surface area contributed by atoms with E-state index < -0.39 is 42.3 Å². The fraction of sp³-hybridized carbons (Fsp3) is 0.733. The lowest BCUT2D eigenvalue weighted by atomic mass is 9.99. The van der Waals surface area contributed by atoms with E-state index in [2.05, 4.69) is 16.0 Å². The van der Waals surface area contributed by atoms with Gasteiger partial charge in [-0.05, 0) is 11.8 Å². The van der Waals surface area contributed by atoms with E-state index in [1.807, 2.05) is 13.8 Å². The van der Waals surface area contributed by atoms with Gasteiger partial charge in [-0.3, -0.25) is 19.2 Å². The third kappa shape index (κ3) is 7.91. The minimum Gasteiger partial charge on any atom is -0.480 e. The Balaban J connectivity index is 4.51. The Morgan fingerprint density at radius 3 is 2.00 bits per heavy atom. The van der Waals surface area contributed by atoms with Gasteiger partial charge in [0.1, 0.15) is 12.6 Å². The molecule has 0 aliphatic heterocycles. The Kier molecular flexibility index (Phi) is 9.63. The van der Waals surface area contributed by atoms with E-state index in [4.69, 9.17) is 10.8 Å². The standard InChI is InChI=1S/C15H28N4O5/c1-5-9(4)12(16)14(23)17-6-10(20)19-13(8(2)3)15(24)18-7-11(21)22/h8-9,12-13H,5-7,16H2,1-4H3,(H,17,23)(H,18,24)(H,19,20)(H,21,22). The maximum atomic E-state index is 11.9. The van der Waals surface area contributed by atoms with Crippen LogP contribution in [-0.2, 0) is 19.2 Å². The number of aliphatic carboxylic acids is 1. The zero-order valence-electron chi connectivity index (χ0n) is 14.6. The van der Waals surface area contributed by atoms with Crippen molar-refractivity contribution >= 4 is 23.7 Å². The van der Waals surface area contributed by atoms with E-state index >= 15 is 0 Å². The van der Waals surface area contributed by atoms with Crippen molar-refractivity contribution in [2.24, 2.45) is 17.6 Å². The number of amides is 3. The molecule has 0 aromatic heterocycles. The molecule has 9 nitrogen and oxygen atoms in total. The number of hydrogen-bond donors (Lipinski definition) is 5. The molecule has 0 saturated carbocycles. The van der Waals surface area contributed by atoms with Gasteiger partial charge in [0.25, 0.3) is 0 Å². The Labute approximate surface area is 141 Å². The van der Waals surface area contributed by atoms with Gasteiger partial charge < -0.3 is 26.8 Å². The first-order valence-corrected chi connectivity index (χ1v) is 7.92. The highest BCUT2D eigenvalue weighted by Crippen LogP contribution is 2.05. The van der Waals surface area contributed by atoms with E-state index in [0.29, 0.717) is 0 Å². The average Bonchev–Trinajstić information content (AvgIpc) is 2.53. The zero-order chi connectivity index (χ0) is 18.9. The van der Waals surface area contributed by atoms with Crippen LogP contribution in [0, 0.1) is 11.8 Å². The first-order chi connectivity index (χ1) is 11.1. The summed E-state index contributed by atoms with van der Waals surface area (Å²) in [5, 5.41) is 15.7. The van der Waals surface area contributed by atoms with Gasteiger partial charge in [0.15, 0.2) is 0 Å². The van der Waals surface area contributed by atoms with Crippen LogP contribution < -0.4 is 21.7 Å². The molecular formula is C15H28N4O5. The molecule has 3 amide bonds. The van der Waals surface area contributed by atoms with Gasteiger partial charge in [0, 0.05) is 0 Å². The molecule has 0 aliphatic carbocycles. The van der Waals surface area contributed by atoms with E-state index in [-0.39, 0.29) is 18.4 Å². The van der Waals surface area contributed by atoms with Crippen LogP contribution in [-0.4, -0.2) is 54.0 Å². The summed E-state index contributed by atoms with van der Waals surface area (Å²) in [6, 6.07) is -1.60. The molecule has 0 bridgehead atoms. The molecule has 0 radical (unpaired) electrons. The molecule has 0 spiro atoms. The molecule has 0 aliphatic rings. The van der Waals surface area contributed by atoms with Crippen molar-refractivity contribution in [1.82, 2.24) is 16.0 Å². The minimum atomic E-state index is -1.18. The Morgan fingerprint density at radius 2 is 1.54 bits per heavy atom. The molecular weight excluding hydrogens is 316 g/mol. The number of hydrogen-bond acceptors (Lipinski definition) is 5. The number of carboxylic acids is 1. The lowest BCUT2D eigenvalue weighted by Crippen LogP contribution is -2.53. The van der Waals surface area contributed by atoms with E-state index in [1.165, 1.54) is 0 Å². The molecule has 0 aromatic carbocycles. The van der Waals surface area contributed by atoms with Gasteiger partial charge in [0.2, 0.25) is 17.7 Å². The SMILES string of the molecule is CCC(C)C(N)C(=O)NCC(=O)NC(C(=O)NCC(=O)O)C(C)C. The summed E-state index contributed by atoms with van der Waals surface area (Å²) in [5.41, 5.74) is 5.76. The topological polar surface area (TPSA) is 151 Å². The third-order valence-corrected chi connectivity index (χ3v) is 3.66. The maximum Gasteiger partial charge on any atom is 0.322 e. The van der Waals surface area contributed by atoms with E-state index in [9.17, 15) is 19.2 Å². The van der Waals surface area contributed by atoms with Crippen molar-refractivity contribution in [1.29, 1.82) is 0 Å². The van der Waals surface area contributed by atoms with Crippen molar-refractivity contribution in [3.8, 4) is 0 Å². The zero-order valence-corrected chi connectivity index (χ0v) is 14.6. The number of nitrogens with two attached hydrogens (primary N) is 1. The average molecular weight is 344 g/mol. The van der Waals surface area contributed by atoms with Crippen LogP contribution in [0.3, 0.4) is 0 Å². The van der Waals surface area contributed by atoms with Crippen LogP contribution >= 0.6 is 0 Å². The second kappa shape index (κ2) is 10.6. The molecule has 24 heavy (non-hydrogen) atoms. The van der Waals surface area contributed by atoms with Gasteiger partial charge >= 0.3 is 5.97 Å². The summed E-state index contributed by atoms with van der Waals surface area (Å²) < 4.78 is 0. The second-order valence-corrected chi connectivity index (χ2v) is 6.03. The molecule has 0 heterocycles. The second-order valence-electron chi connectivity index (χ2n) is 6.03. The van der Waals surface area contributed by atoms with Gasteiger partial charge in [0.05, 0.1) is 12.6 Å². The lowest BCUT2D eigenvalue weighted by Gasteiger charge is -2.22. The summed E-state index contributed by atoms with van der Waals surface area (Å²) in [6.07, 6.45) is 0.736. The van der Waals surface area contributed by atoms with Crippen LogP contribution in [0.15, 0.2) is 0 Å². The molecule has 138 valence electrons. The summed E-state index contributed by atoms with van der Waals surface area (Å²) in [7, 11) is 0. The molecule has 3 atom stereocenters. The molecule has 3 unspecified atom stereocenters. The Morgan fingerprint density at radius 1 is 1.00 bits per heavy atom. The maximum absolute atomic E-state index is 11.9. The highest BCUT2D eigenvalue weighted by atomic mass is 16.4. The van der Waals surface area contributed by atoms with Gasteiger partial charge in [-0.2, -0.15) is 0 Å². The number of nitrogens with one attached hydrogen (secondary N) is 3. The molecule has 0 aromatic rings. The summed E-state index contributed by atoms with van der Waals surface area (Å²) >= 11 is 0. The van der Waals surface area contributed by atoms with Crippen molar-refractivity contribution < 1.29 is 24.3 Å². The van der Waals surface area contributed by atoms with Gasteiger partial charge in [-0.15, -0.1) is 0 Å². The number of carbonyl (C=O) groups excluding carboxylic acids is 3. The minimum absolute atomic E-state index is 0.0155. The van der Waals surface area contributed by atoms with E-state index in [0.717, 1.165) is 6.42 Å². The third-order valence-electron chi connectivity index (χ3n) is 3.66. The van der Waals surface area contributed by atoms with Crippen LogP contribution in [0.25, 0.3) is 0 Å². The predicted octanol–water partition coefficient (Wildman–Crippen LogP) is -1.18. The summed E-state index contributed by atoms with van der Waals surface area (Å²) in [4.78, 5) is 46.1. The van der Waals surface area contributed by atoms with E-state index in [1.54, 1.807) is 13.8 Å². The largest absolute Gasteiger partial charge is 0.480 e. The molecule has 0 saturated heterocycles. The molecule has 6 N–H and O–H groups in total. The summed E-state index contributed by atoms with van der Waals surface area (Å²) in [5.74, 6) is -3.02. The highest BCUT2D eigenvalue weighted by molar-refractivity contribution is 5.92. The van der Waals surface area contributed by atoms with Crippen LogP contribution in [0.4, 0.5) is 0 Å². The quantitative estimate of drug-likeness (QED) is 0.336. The number of carbonyl (C=O) groups is 4. The smallest absolute Gasteiger partial charge is 0.322 e. The monoisotopic (exact) mass is 344 g/mol. The lowest BCUT2D eigenvalue weighted by molar-refractivity contribution is -0.138.